The van der Waals surface area contributed by atoms with Crippen molar-refractivity contribution in [3.63, 3.8) is 0 Å². The Morgan fingerprint density at radius 2 is 2.11 bits per heavy atom. The Morgan fingerprint density at radius 1 is 1.42 bits per heavy atom. The molecule has 102 valence electrons. The first kappa shape index (κ1) is 13.4. The van der Waals surface area contributed by atoms with Crippen molar-refractivity contribution in [3.05, 3.63) is 34.2 Å². The summed E-state index contributed by atoms with van der Waals surface area (Å²) >= 11 is 0. The minimum atomic E-state index is -0.996. The van der Waals surface area contributed by atoms with Gasteiger partial charge in [0.05, 0.1) is 16.6 Å². The van der Waals surface area contributed by atoms with Crippen LogP contribution in [0.5, 0.6) is 0 Å². The van der Waals surface area contributed by atoms with Gasteiger partial charge in [-0.2, -0.15) is 0 Å². The second-order valence-electron chi connectivity index (χ2n) is 5.57. The van der Waals surface area contributed by atoms with E-state index in [1.54, 1.807) is 10.6 Å². The number of hydrogen-bond donors (Lipinski definition) is 2. The average Bonchev–Trinajstić information content (AvgIpc) is 2.65. The third-order valence-electron chi connectivity index (χ3n) is 3.56. The van der Waals surface area contributed by atoms with E-state index >= 15 is 0 Å². The van der Waals surface area contributed by atoms with Gasteiger partial charge in [0.1, 0.15) is 0 Å². The molecule has 0 aliphatic heterocycles. The number of aromatic carboxylic acids is 1. The van der Waals surface area contributed by atoms with Crippen LogP contribution >= 0.6 is 0 Å². The summed E-state index contributed by atoms with van der Waals surface area (Å²) < 4.78 is 1.67. The van der Waals surface area contributed by atoms with Crippen molar-refractivity contribution < 1.29 is 9.90 Å². The summed E-state index contributed by atoms with van der Waals surface area (Å²) in [6.07, 6.45) is 0.958. The minimum absolute atomic E-state index is 0.0183. The lowest BCUT2D eigenvalue weighted by Crippen LogP contribution is -2.26. The van der Waals surface area contributed by atoms with E-state index in [1.807, 2.05) is 0 Å². The average molecular weight is 262 g/mol. The molecule has 0 bridgehead atoms. The maximum atomic E-state index is 12.0. The number of nitrogens with zero attached hydrogens (tertiary/aromatic N) is 1. The van der Waals surface area contributed by atoms with Gasteiger partial charge in [0, 0.05) is 6.54 Å². The molecule has 0 saturated heterocycles. The van der Waals surface area contributed by atoms with Gasteiger partial charge in [-0.3, -0.25) is 4.57 Å². The standard InChI is InChI=1S/C14H18N2O3/c1-4-14(2,3)8-16-11-6-5-9(12(17)18)7-10(11)15-13(16)19/h5-7H,4,8H2,1-3H3,(H,15,19)(H,17,18). The largest absolute Gasteiger partial charge is 0.478 e. The molecule has 1 aromatic heterocycles. The number of imidazole rings is 1. The Bertz CT molecular complexity index is 680. The molecule has 0 radical (unpaired) electrons. The normalized spacial score (nSPS) is 11.9. The molecule has 19 heavy (non-hydrogen) atoms. The zero-order valence-electron chi connectivity index (χ0n) is 11.4. The molecule has 0 saturated carbocycles. The van der Waals surface area contributed by atoms with Gasteiger partial charge in [-0.15, -0.1) is 0 Å². The number of benzene rings is 1. The smallest absolute Gasteiger partial charge is 0.335 e. The number of aromatic nitrogens is 2. The van der Waals surface area contributed by atoms with Crippen molar-refractivity contribution in [1.82, 2.24) is 9.55 Å². The quantitative estimate of drug-likeness (QED) is 0.888. The van der Waals surface area contributed by atoms with Crippen molar-refractivity contribution >= 4 is 17.0 Å². The Balaban J connectivity index is 2.54. The SMILES string of the molecule is CCC(C)(C)Cn1c(=O)[nH]c2cc(C(=O)O)ccc21. The Kier molecular flexibility index (Phi) is 3.22. The molecule has 2 N–H and O–H groups in total. The van der Waals surface area contributed by atoms with Gasteiger partial charge < -0.3 is 10.1 Å². The summed E-state index contributed by atoms with van der Waals surface area (Å²) in [6.45, 7) is 6.89. The highest BCUT2D eigenvalue weighted by atomic mass is 16.4. The predicted molar refractivity (Wildman–Crippen MR) is 73.6 cm³/mol. The number of H-pyrrole nitrogens is 1. The molecule has 5 heteroatoms. The molecule has 0 aliphatic rings. The maximum absolute atomic E-state index is 12.0. The minimum Gasteiger partial charge on any atom is -0.478 e. The van der Waals surface area contributed by atoms with E-state index in [0.29, 0.717) is 12.1 Å². The van der Waals surface area contributed by atoms with Gasteiger partial charge >= 0.3 is 11.7 Å². The molecule has 0 spiro atoms. The Hall–Kier alpha value is -2.04. The lowest BCUT2D eigenvalue weighted by Gasteiger charge is -2.22. The van der Waals surface area contributed by atoms with Gasteiger partial charge in [-0.25, -0.2) is 9.59 Å². The molecule has 2 rings (SSSR count). The number of rotatable bonds is 4. The summed E-state index contributed by atoms with van der Waals surface area (Å²) in [5, 5.41) is 8.95. The van der Waals surface area contributed by atoms with Gasteiger partial charge in [-0.1, -0.05) is 20.8 Å². The molecule has 0 aliphatic carbocycles. The first-order valence-electron chi connectivity index (χ1n) is 6.30. The lowest BCUT2D eigenvalue weighted by molar-refractivity contribution is 0.0697. The highest BCUT2D eigenvalue weighted by Gasteiger charge is 2.19. The molecule has 0 fully saturated rings. The number of carboxylic acid groups (broad SMARTS) is 1. The van der Waals surface area contributed by atoms with E-state index in [4.69, 9.17) is 5.11 Å². The molecular formula is C14H18N2O3. The van der Waals surface area contributed by atoms with E-state index in [9.17, 15) is 9.59 Å². The first-order chi connectivity index (χ1) is 8.84. The van der Waals surface area contributed by atoms with E-state index in [1.165, 1.54) is 12.1 Å². The van der Waals surface area contributed by atoms with Gasteiger partial charge in [0.2, 0.25) is 0 Å². The Labute approximate surface area is 110 Å². The fourth-order valence-electron chi connectivity index (χ4n) is 1.99. The molecule has 2 aromatic rings. The first-order valence-corrected chi connectivity index (χ1v) is 6.30. The molecular weight excluding hydrogens is 244 g/mol. The second kappa shape index (κ2) is 4.57. The maximum Gasteiger partial charge on any atom is 0.335 e. The Morgan fingerprint density at radius 3 is 2.68 bits per heavy atom. The van der Waals surface area contributed by atoms with Crippen LogP contribution in [0, 0.1) is 5.41 Å². The fraction of sp³-hybridized carbons (Fsp3) is 0.429. The van der Waals surface area contributed by atoms with Crippen LogP contribution in [-0.4, -0.2) is 20.6 Å². The number of aromatic amines is 1. The molecule has 0 unspecified atom stereocenters. The van der Waals surface area contributed by atoms with Crippen LogP contribution in [0.1, 0.15) is 37.6 Å². The van der Waals surface area contributed by atoms with Crippen molar-refractivity contribution in [3.8, 4) is 0 Å². The second-order valence-corrected chi connectivity index (χ2v) is 5.57. The molecule has 1 aromatic carbocycles. The third kappa shape index (κ3) is 2.54. The van der Waals surface area contributed by atoms with E-state index in [0.717, 1.165) is 11.9 Å². The van der Waals surface area contributed by atoms with Gasteiger partial charge in [0.15, 0.2) is 0 Å². The zero-order valence-corrected chi connectivity index (χ0v) is 11.4. The van der Waals surface area contributed by atoms with Crippen molar-refractivity contribution in [2.24, 2.45) is 5.41 Å². The van der Waals surface area contributed by atoms with E-state index < -0.39 is 5.97 Å². The van der Waals surface area contributed by atoms with Crippen LogP contribution < -0.4 is 5.69 Å². The van der Waals surface area contributed by atoms with Gasteiger partial charge in [-0.05, 0) is 30.0 Å². The highest BCUT2D eigenvalue weighted by Crippen LogP contribution is 2.23. The third-order valence-corrected chi connectivity index (χ3v) is 3.56. The number of nitrogens with one attached hydrogen (secondary N) is 1. The van der Waals surface area contributed by atoms with Crippen molar-refractivity contribution in [2.75, 3.05) is 0 Å². The van der Waals surface area contributed by atoms with Crippen LogP contribution in [0.4, 0.5) is 0 Å². The van der Waals surface area contributed by atoms with E-state index in [2.05, 4.69) is 25.8 Å². The number of hydrogen-bond acceptors (Lipinski definition) is 2. The lowest BCUT2D eigenvalue weighted by atomic mass is 9.90. The van der Waals surface area contributed by atoms with Gasteiger partial charge in [0.25, 0.3) is 0 Å². The van der Waals surface area contributed by atoms with Crippen LogP contribution in [0.2, 0.25) is 0 Å². The summed E-state index contributed by atoms with van der Waals surface area (Å²) in [5.41, 5.74) is 1.31. The molecule has 0 amide bonds. The number of fused-ring (bicyclic) bond motifs is 1. The highest BCUT2D eigenvalue weighted by molar-refractivity contribution is 5.92. The van der Waals surface area contributed by atoms with Crippen LogP contribution in [0.25, 0.3) is 11.0 Å². The van der Waals surface area contributed by atoms with Crippen molar-refractivity contribution in [1.29, 1.82) is 0 Å². The van der Waals surface area contributed by atoms with Crippen molar-refractivity contribution in [2.45, 2.75) is 33.7 Å². The molecule has 0 atom stereocenters. The summed E-state index contributed by atoms with van der Waals surface area (Å²) in [6, 6.07) is 4.70. The predicted octanol–water partition coefficient (Wildman–Crippen LogP) is 2.46. The van der Waals surface area contributed by atoms with Crippen LogP contribution in [0.15, 0.2) is 23.0 Å². The van der Waals surface area contributed by atoms with Crippen LogP contribution in [-0.2, 0) is 6.54 Å². The summed E-state index contributed by atoms with van der Waals surface area (Å²) in [7, 11) is 0. The fourth-order valence-corrected chi connectivity index (χ4v) is 1.99. The number of carbonyl (C=O) groups is 1. The topological polar surface area (TPSA) is 75.1 Å². The zero-order chi connectivity index (χ0) is 14.2. The van der Waals surface area contributed by atoms with E-state index in [-0.39, 0.29) is 16.7 Å². The number of carboxylic acids is 1. The molecule has 5 nitrogen and oxygen atoms in total. The summed E-state index contributed by atoms with van der Waals surface area (Å²) in [4.78, 5) is 25.6. The monoisotopic (exact) mass is 262 g/mol. The molecule has 1 heterocycles. The van der Waals surface area contributed by atoms with Crippen LogP contribution in [0.3, 0.4) is 0 Å². The summed E-state index contributed by atoms with van der Waals surface area (Å²) in [5.74, 6) is -0.996.